The molecule has 2 aromatic heterocycles. The average molecular weight is 301 g/mol. The van der Waals surface area contributed by atoms with Crippen molar-refractivity contribution in [2.75, 3.05) is 0 Å². The number of carbonyl (C=O) groups is 1. The Bertz CT molecular complexity index is 1010. The van der Waals surface area contributed by atoms with Crippen LogP contribution in [-0.4, -0.2) is 25.6 Å². The van der Waals surface area contributed by atoms with Crippen molar-refractivity contribution in [2.24, 2.45) is 0 Å². The Labute approximate surface area is 123 Å². The summed E-state index contributed by atoms with van der Waals surface area (Å²) in [6.45, 7) is 1.70. The van der Waals surface area contributed by atoms with E-state index in [0.29, 0.717) is 16.9 Å². The molecule has 1 aromatic carbocycles. The number of hydrogen-bond donors (Lipinski definition) is 2. The number of aromatic nitrogens is 3. The highest BCUT2D eigenvalue weighted by Crippen LogP contribution is 2.38. The van der Waals surface area contributed by atoms with E-state index in [1.807, 2.05) is 0 Å². The van der Waals surface area contributed by atoms with E-state index in [9.17, 15) is 19.1 Å². The van der Waals surface area contributed by atoms with Gasteiger partial charge in [0.1, 0.15) is 16.9 Å². The number of halogens is 1. The molecule has 4 rings (SSSR count). The van der Waals surface area contributed by atoms with Crippen molar-refractivity contribution in [1.82, 2.24) is 14.5 Å². The molecule has 1 aliphatic carbocycles. The number of carboxylic acids is 1. The van der Waals surface area contributed by atoms with Crippen LogP contribution in [0.5, 0.6) is 0 Å². The first-order valence-corrected chi connectivity index (χ1v) is 6.94. The summed E-state index contributed by atoms with van der Waals surface area (Å²) >= 11 is 0. The van der Waals surface area contributed by atoms with Crippen LogP contribution in [-0.2, 0) is 0 Å². The number of pyridine rings is 1. The van der Waals surface area contributed by atoms with Crippen molar-refractivity contribution >= 4 is 27.9 Å². The number of nitrogens with one attached hydrogen (secondary N) is 1. The minimum absolute atomic E-state index is 0.0699. The van der Waals surface area contributed by atoms with E-state index in [4.69, 9.17) is 0 Å². The van der Waals surface area contributed by atoms with Crippen LogP contribution in [0, 0.1) is 12.7 Å². The van der Waals surface area contributed by atoms with Crippen LogP contribution in [0.2, 0.25) is 0 Å². The van der Waals surface area contributed by atoms with Gasteiger partial charge in [-0.3, -0.25) is 4.79 Å². The van der Waals surface area contributed by atoms with Crippen LogP contribution in [0.25, 0.3) is 21.9 Å². The van der Waals surface area contributed by atoms with Crippen LogP contribution in [0.3, 0.4) is 0 Å². The van der Waals surface area contributed by atoms with Gasteiger partial charge in [-0.2, -0.15) is 0 Å². The third kappa shape index (κ3) is 1.68. The molecule has 3 aromatic rings. The van der Waals surface area contributed by atoms with Gasteiger partial charge in [0, 0.05) is 12.2 Å². The third-order valence-corrected chi connectivity index (χ3v) is 4.00. The van der Waals surface area contributed by atoms with Crippen LogP contribution in [0.4, 0.5) is 4.39 Å². The van der Waals surface area contributed by atoms with Crippen molar-refractivity contribution in [3.8, 4) is 0 Å². The number of H-pyrrole nitrogens is 1. The van der Waals surface area contributed by atoms with Gasteiger partial charge in [-0.15, -0.1) is 0 Å². The van der Waals surface area contributed by atoms with E-state index in [1.165, 1.54) is 6.20 Å². The number of rotatable bonds is 2. The van der Waals surface area contributed by atoms with Gasteiger partial charge < -0.3 is 14.7 Å². The number of aryl methyl sites for hydroxylation is 1. The molecule has 0 unspecified atom stereocenters. The molecule has 0 radical (unpaired) electrons. The summed E-state index contributed by atoms with van der Waals surface area (Å²) < 4.78 is 16.0. The molecule has 0 amide bonds. The number of nitrogens with zero attached hydrogens (tertiary/aromatic N) is 2. The normalized spacial score (nSPS) is 14.8. The summed E-state index contributed by atoms with van der Waals surface area (Å²) in [5, 5.41) is 9.28. The van der Waals surface area contributed by atoms with Gasteiger partial charge in [0.15, 0.2) is 5.82 Å². The maximum absolute atomic E-state index is 14.2. The van der Waals surface area contributed by atoms with E-state index in [1.54, 1.807) is 11.5 Å². The molecular weight excluding hydrogens is 289 g/mol. The van der Waals surface area contributed by atoms with E-state index < -0.39 is 17.2 Å². The van der Waals surface area contributed by atoms with Crippen LogP contribution < -0.4 is 5.43 Å². The highest BCUT2D eigenvalue weighted by atomic mass is 19.1. The maximum atomic E-state index is 14.2. The first kappa shape index (κ1) is 13.0. The van der Waals surface area contributed by atoms with Gasteiger partial charge in [0.05, 0.1) is 16.4 Å². The third-order valence-electron chi connectivity index (χ3n) is 4.00. The summed E-state index contributed by atoms with van der Waals surface area (Å²) in [4.78, 5) is 30.8. The van der Waals surface area contributed by atoms with Crippen LogP contribution in [0.1, 0.15) is 35.1 Å². The van der Waals surface area contributed by atoms with E-state index >= 15 is 0 Å². The molecule has 0 spiro atoms. The van der Waals surface area contributed by atoms with Crippen molar-refractivity contribution in [2.45, 2.75) is 25.8 Å². The monoisotopic (exact) mass is 301 g/mol. The van der Waals surface area contributed by atoms with Gasteiger partial charge in [-0.25, -0.2) is 14.2 Å². The summed E-state index contributed by atoms with van der Waals surface area (Å²) in [5.41, 5.74) is 0.117. The van der Waals surface area contributed by atoms with Crippen molar-refractivity contribution in [3.05, 3.63) is 39.7 Å². The fourth-order valence-corrected chi connectivity index (χ4v) is 2.88. The molecule has 1 aliphatic rings. The quantitative estimate of drug-likeness (QED) is 0.760. The smallest absolute Gasteiger partial charge is 0.341 e. The fraction of sp³-hybridized carbons (Fsp3) is 0.267. The van der Waals surface area contributed by atoms with Crippen LogP contribution in [0.15, 0.2) is 17.1 Å². The van der Waals surface area contributed by atoms with Crippen molar-refractivity contribution in [3.63, 3.8) is 0 Å². The standard InChI is InChI=1S/C15H12FN3O3/c1-6-17-11-10(16)4-8-13(12(11)18-6)19(7-2-3-7)5-9(14(8)20)15(21)22/h4-5,7H,2-3H2,1H3,(H,17,18)(H,21,22). The van der Waals surface area contributed by atoms with E-state index in [2.05, 4.69) is 9.97 Å². The lowest BCUT2D eigenvalue weighted by atomic mass is 10.1. The first-order valence-electron chi connectivity index (χ1n) is 6.94. The Balaban J connectivity index is 2.27. The zero-order valence-electron chi connectivity index (χ0n) is 11.7. The fourth-order valence-electron chi connectivity index (χ4n) is 2.88. The van der Waals surface area contributed by atoms with Gasteiger partial charge in [0.2, 0.25) is 5.43 Å². The predicted octanol–water partition coefficient (Wildman–Crippen LogP) is 2.36. The lowest BCUT2D eigenvalue weighted by Crippen LogP contribution is -2.19. The van der Waals surface area contributed by atoms with Crippen LogP contribution >= 0.6 is 0 Å². The van der Waals surface area contributed by atoms with Gasteiger partial charge in [0.25, 0.3) is 0 Å². The van der Waals surface area contributed by atoms with Crippen molar-refractivity contribution < 1.29 is 14.3 Å². The Hall–Kier alpha value is -2.70. The average Bonchev–Trinajstić information content (AvgIpc) is 3.21. The Morgan fingerprint density at radius 1 is 1.50 bits per heavy atom. The molecule has 1 saturated carbocycles. The molecule has 112 valence electrons. The van der Waals surface area contributed by atoms with Gasteiger partial charge >= 0.3 is 5.97 Å². The summed E-state index contributed by atoms with van der Waals surface area (Å²) in [6.07, 6.45) is 3.17. The number of carboxylic acid groups (broad SMARTS) is 1. The minimum Gasteiger partial charge on any atom is -0.477 e. The zero-order valence-corrected chi connectivity index (χ0v) is 11.7. The molecule has 6 nitrogen and oxygen atoms in total. The second-order valence-electron chi connectivity index (χ2n) is 5.62. The SMILES string of the molecule is Cc1nc2c(F)cc3c(=O)c(C(=O)O)cn(C4CC4)c3c2[nH]1. The highest BCUT2D eigenvalue weighted by molar-refractivity contribution is 6.04. The number of benzene rings is 1. The first-order chi connectivity index (χ1) is 10.5. The molecule has 22 heavy (non-hydrogen) atoms. The highest BCUT2D eigenvalue weighted by Gasteiger charge is 2.28. The summed E-state index contributed by atoms with van der Waals surface area (Å²) in [6, 6.07) is 1.23. The Kier molecular flexibility index (Phi) is 2.46. The number of fused-ring (bicyclic) bond motifs is 3. The zero-order chi connectivity index (χ0) is 15.6. The molecular formula is C15H12FN3O3. The molecule has 0 bridgehead atoms. The topological polar surface area (TPSA) is 88.0 Å². The summed E-state index contributed by atoms with van der Waals surface area (Å²) in [7, 11) is 0. The van der Waals surface area contributed by atoms with E-state index in [0.717, 1.165) is 18.9 Å². The largest absolute Gasteiger partial charge is 0.477 e. The molecule has 0 aliphatic heterocycles. The molecule has 2 N–H and O–H groups in total. The Morgan fingerprint density at radius 3 is 2.86 bits per heavy atom. The predicted molar refractivity (Wildman–Crippen MR) is 77.8 cm³/mol. The molecule has 0 saturated heterocycles. The lowest BCUT2D eigenvalue weighted by Gasteiger charge is -2.12. The number of aromatic carboxylic acids is 1. The number of hydrogen-bond acceptors (Lipinski definition) is 3. The second-order valence-corrected chi connectivity index (χ2v) is 5.62. The van der Waals surface area contributed by atoms with Gasteiger partial charge in [-0.1, -0.05) is 0 Å². The van der Waals surface area contributed by atoms with E-state index in [-0.39, 0.29) is 22.5 Å². The number of aromatic amines is 1. The lowest BCUT2D eigenvalue weighted by molar-refractivity contribution is 0.0695. The minimum atomic E-state index is -1.30. The van der Waals surface area contributed by atoms with Crippen molar-refractivity contribution in [1.29, 1.82) is 0 Å². The second kappa shape index (κ2) is 4.16. The Morgan fingerprint density at radius 2 is 2.23 bits per heavy atom. The molecule has 7 heteroatoms. The summed E-state index contributed by atoms with van der Waals surface area (Å²) in [5.74, 6) is -1.39. The van der Waals surface area contributed by atoms with Gasteiger partial charge in [-0.05, 0) is 25.8 Å². The number of imidazole rings is 1. The maximum Gasteiger partial charge on any atom is 0.341 e. The molecule has 2 heterocycles. The molecule has 0 atom stereocenters. The molecule has 1 fully saturated rings.